The lowest BCUT2D eigenvalue weighted by Crippen LogP contribution is -2.30. The number of ether oxygens (including phenoxy) is 4. The first kappa shape index (κ1) is 105. The average Bonchev–Trinajstić information content (AvgIpc) is 0.903. The molecule has 0 aromatic heterocycles. The number of unbranched alkanes of at least 4 members (excludes halogenated alkanes) is 54. The summed E-state index contributed by atoms with van der Waals surface area (Å²) in [5.74, 6) is 0.189. The molecule has 0 saturated heterocycles. The summed E-state index contributed by atoms with van der Waals surface area (Å²) in [6.07, 6.45) is 69.7. The lowest BCUT2D eigenvalue weighted by Gasteiger charge is -2.21. The van der Waals surface area contributed by atoms with Crippen molar-refractivity contribution in [1.29, 1.82) is 0 Å². The van der Waals surface area contributed by atoms with Gasteiger partial charge in [-0.2, -0.15) is 0 Å². The van der Waals surface area contributed by atoms with Crippen molar-refractivity contribution in [2.45, 2.75) is 484 Å². The van der Waals surface area contributed by atoms with E-state index in [2.05, 4.69) is 48.5 Å². The highest BCUT2D eigenvalue weighted by molar-refractivity contribution is 7.47. The van der Waals surface area contributed by atoms with Gasteiger partial charge in [0.05, 0.1) is 26.4 Å². The number of hydrogen-bond acceptors (Lipinski definition) is 15. The molecule has 5 atom stereocenters. The van der Waals surface area contributed by atoms with E-state index in [1.165, 1.54) is 270 Å². The molecule has 19 heteroatoms. The fourth-order valence-electron chi connectivity index (χ4n) is 13.7. The number of rotatable bonds is 86. The normalized spacial score (nSPS) is 13.8. The fraction of sp³-hybridized carbons (Fsp3) is 0.955. The number of esters is 4. The number of aliphatic hydroxyl groups is 1. The van der Waals surface area contributed by atoms with Crippen molar-refractivity contribution in [2.24, 2.45) is 17.8 Å². The largest absolute Gasteiger partial charge is 0.472 e. The molecule has 0 aromatic carbocycles. The summed E-state index contributed by atoms with van der Waals surface area (Å²) >= 11 is 0. The molecule has 3 N–H and O–H groups in total. The Hall–Kier alpha value is -1.94. The van der Waals surface area contributed by atoms with Crippen LogP contribution in [0.4, 0.5) is 0 Å². The van der Waals surface area contributed by atoms with Crippen LogP contribution in [-0.4, -0.2) is 96.7 Å². The van der Waals surface area contributed by atoms with Gasteiger partial charge in [-0.3, -0.25) is 37.3 Å². The number of phosphoric ester groups is 2. The first-order chi connectivity index (χ1) is 51.7. The van der Waals surface area contributed by atoms with Crippen molar-refractivity contribution < 1.29 is 80.2 Å². The van der Waals surface area contributed by atoms with Crippen LogP contribution in [0.15, 0.2) is 0 Å². The Balaban J connectivity index is 5.21. The van der Waals surface area contributed by atoms with Crippen LogP contribution in [0.2, 0.25) is 0 Å². The van der Waals surface area contributed by atoms with Crippen LogP contribution in [0.3, 0.4) is 0 Å². The van der Waals surface area contributed by atoms with Crippen LogP contribution in [0.5, 0.6) is 0 Å². The minimum atomic E-state index is -4.97. The highest BCUT2D eigenvalue weighted by atomic mass is 31.2. The second-order valence-corrected chi connectivity index (χ2v) is 36.0. The first-order valence-corrected chi connectivity index (χ1v) is 48.3. The third kappa shape index (κ3) is 81.9. The zero-order chi connectivity index (χ0) is 78.6. The summed E-state index contributed by atoms with van der Waals surface area (Å²) < 4.78 is 68.9. The van der Waals surface area contributed by atoms with Crippen LogP contribution < -0.4 is 0 Å². The predicted octanol–water partition coefficient (Wildman–Crippen LogP) is 26.9. The molecule has 2 unspecified atom stereocenters. The maximum Gasteiger partial charge on any atom is 0.472 e. The molecule has 0 aromatic rings. The maximum atomic E-state index is 13.2. The third-order valence-electron chi connectivity index (χ3n) is 20.6. The van der Waals surface area contributed by atoms with Gasteiger partial charge in [-0.1, -0.05) is 414 Å². The fourth-order valence-corrected chi connectivity index (χ4v) is 15.3. The quantitative estimate of drug-likeness (QED) is 0.0222. The van der Waals surface area contributed by atoms with Crippen LogP contribution in [0, 0.1) is 17.8 Å². The highest BCUT2D eigenvalue weighted by Gasteiger charge is 2.31. The highest BCUT2D eigenvalue weighted by Crippen LogP contribution is 2.45. The van der Waals surface area contributed by atoms with Crippen molar-refractivity contribution in [2.75, 3.05) is 39.6 Å². The minimum Gasteiger partial charge on any atom is -0.462 e. The molecule has 0 amide bonds. The van der Waals surface area contributed by atoms with E-state index in [1.54, 1.807) is 0 Å². The van der Waals surface area contributed by atoms with Gasteiger partial charge in [-0.05, 0) is 43.4 Å². The number of phosphoric acid groups is 2. The topological polar surface area (TPSA) is 237 Å². The molecule has 0 fully saturated rings. The molecule has 0 aliphatic rings. The Bertz CT molecular complexity index is 2060. The van der Waals surface area contributed by atoms with Gasteiger partial charge in [0.25, 0.3) is 0 Å². The Morgan fingerprint density at radius 2 is 0.430 bits per heavy atom. The van der Waals surface area contributed by atoms with Gasteiger partial charge in [0.1, 0.15) is 19.3 Å². The number of carbonyl (C=O) groups excluding carboxylic acids is 4. The summed E-state index contributed by atoms with van der Waals surface area (Å²) in [7, 11) is -9.93. The predicted molar refractivity (Wildman–Crippen MR) is 441 cm³/mol. The van der Waals surface area contributed by atoms with Gasteiger partial charge >= 0.3 is 39.5 Å². The molecule has 17 nitrogen and oxygen atoms in total. The molecule has 0 spiro atoms. The third-order valence-corrected chi connectivity index (χ3v) is 22.5. The van der Waals surface area contributed by atoms with Crippen LogP contribution in [-0.2, 0) is 65.4 Å². The van der Waals surface area contributed by atoms with Crippen molar-refractivity contribution in [3.63, 3.8) is 0 Å². The molecule has 0 heterocycles. The Kier molecular flexibility index (Phi) is 76.6. The molecule has 0 rings (SSSR count). The monoisotopic (exact) mass is 1560 g/mol. The van der Waals surface area contributed by atoms with E-state index in [-0.39, 0.29) is 25.7 Å². The Labute approximate surface area is 658 Å². The SMILES string of the molecule is CCCCCCCCCCCCCCCCCCCCCCCC(=O)O[C@H](COC(=O)CCCCCCCCCCCCCCCCCCC(C)C)COP(=O)(O)OC[C@@H](O)COP(=O)(O)OC[C@@H](COC(=O)CCCCCCCCC(C)C)OC(=O)CCCCCCCCCCCCCCCCCC(C)C. The van der Waals surface area contributed by atoms with E-state index < -0.39 is 97.5 Å². The summed E-state index contributed by atoms with van der Waals surface area (Å²) in [6.45, 7) is 12.0. The van der Waals surface area contributed by atoms with Crippen LogP contribution in [0.25, 0.3) is 0 Å². The lowest BCUT2D eigenvalue weighted by atomic mass is 10.0. The smallest absolute Gasteiger partial charge is 0.462 e. The molecule has 0 bridgehead atoms. The van der Waals surface area contributed by atoms with Crippen molar-refractivity contribution >= 4 is 39.5 Å². The Morgan fingerprint density at radius 1 is 0.252 bits per heavy atom. The van der Waals surface area contributed by atoms with Crippen LogP contribution in [0.1, 0.15) is 466 Å². The molecule has 0 saturated carbocycles. The van der Waals surface area contributed by atoms with Crippen molar-refractivity contribution in [1.82, 2.24) is 0 Å². The molecule has 0 aliphatic heterocycles. The molecule has 0 aliphatic carbocycles. The summed E-state index contributed by atoms with van der Waals surface area (Å²) in [5, 5.41) is 10.7. The molecule has 107 heavy (non-hydrogen) atoms. The van der Waals surface area contributed by atoms with E-state index in [0.717, 1.165) is 108 Å². The average molecular weight is 1560 g/mol. The molecular weight excluding hydrogens is 1390 g/mol. The molecular formula is C88H172O17P2. The van der Waals surface area contributed by atoms with E-state index in [0.29, 0.717) is 31.6 Å². The summed E-state index contributed by atoms with van der Waals surface area (Å²) in [6, 6.07) is 0. The second kappa shape index (κ2) is 78.0. The summed E-state index contributed by atoms with van der Waals surface area (Å²) in [5.41, 5.74) is 0. The van der Waals surface area contributed by atoms with Crippen LogP contribution >= 0.6 is 15.6 Å². The maximum absolute atomic E-state index is 13.2. The zero-order valence-corrected chi connectivity index (χ0v) is 72.4. The molecule has 0 radical (unpaired) electrons. The van der Waals surface area contributed by atoms with Gasteiger partial charge in [0.2, 0.25) is 0 Å². The first-order valence-electron chi connectivity index (χ1n) is 45.3. The minimum absolute atomic E-state index is 0.107. The number of hydrogen-bond donors (Lipinski definition) is 3. The van der Waals surface area contributed by atoms with E-state index >= 15 is 0 Å². The Morgan fingerprint density at radius 3 is 0.636 bits per heavy atom. The summed E-state index contributed by atoms with van der Waals surface area (Å²) in [4.78, 5) is 73.2. The lowest BCUT2D eigenvalue weighted by molar-refractivity contribution is -0.161. The van der Waals surface area contributed by atoms with Gasteiger partial charge in [-0.15, -0.1) is 0 Å². The van der Waals surface area contributed by atoms with E-state index in [9.17, 15) is 43.2 Å². The standard InChI is InChI=1S/C88H172O17P2/c1-8-9-10-11-12-13-14-15-16-17-18-19-20-21-28-33-38-43-48-57-64-71-87(92)104-83(75-98-85(90)69-62-55-47-42-37-32-27-23-22-25-30-35-40-45-52-59-66-79(2)3)77-102-106(94,95)100-73-82(89)74-101-107(96,97)103-78-84(76-99-86(91)70-63-56-51-50-54-61-68-81(6)7)105-88(93)72-65-58-49-44-39-34-29-24-26-31-36-41-46-53-60-67-80(4)5/h79-84,89H,8-78H2,1-7H3,(H,94,95)(H,96,97)/t82-,83-,84-/m1/s1. The van der Waals surface area contributed by atoms with E-state index in [1.807, 2.05) is 0 Å². The van der Waals surface area contributed by atoms with Crippen molar-refractivity contribution in [3.05, 3.63) is 0 Å². The van der Waals surface area contributed by atoms with Gasteiger partial charge in [0.15, 0.2) is 12.2 Å². The zero-order valence-electron chi connectivity index (χ0n) is 70.6. The van der Waals surface area contributed by atoms with Gasteiger partial charge in [0, 0.05) is 25.7 Å². The van der Waals surface area contributed by atoms with E-state index in [4.69, 9.17) is 37.0 Å². The number of aliphatic hydroxyl groups excluding tert-OH is 1. The number of carbonyl (C=O) groups is 4. The van der Waals surface area contributed by atoms with Gasteiger partial charge in [-0.25, -0.2) is 9.13 Å². The van der Waals surface area contributed by atoms with Crippen molar-refractivity contribution in [3.8, 4) is 0 Å². The molecule has 636 valence electrons. The van der Waals surface area contributed by atoms with Gasteiger partial charge < -0.3 is 33.8 Å². The second-order valence-electron chi connectivity index (χ2n) is 33.1.